The molecule has 2 heterocycles. The summed E-state index contributed by atoms with van der Waals surface area (Å²) in [4.78, 5) is 32.1. The maximum Gasteiger partial charge on any atom is 0.248 e. The predicted molar refractivity (Wildman–Crippen MR) is 135 cm³/mol. The molecule has 0 saturated carbocycles. The topological polar surface area (TPSA) is 89.5 Å². The molecule has 0 bridgehead atoms. The number of anilines is 2. The van der Waals surface area contributed by atoms with Gasteiger partial charge in [-0.15, -0.1) is 0 Å². The maximum absolute atomic E-state index is 13.3. The first-order valence-electron chi connectivity index (χ1n) is 11.0. The molecule has 2 aliphatic rings. The lowest BCUT2D eigenvalue weighted by Crippen LogP contribution is -2.32. The molecule has 0 aliphatic carbocycles. The summed E-state index contributed by atoms with van der Waals surface area (Å²) in [6, 6.07) is 22.3. The summed E-state index contributed by atoms with van der Waals surface area (Å²) in [5.74, 6) is 1.30. The molecule has 0 spiro atoms. The number of imide groups is 1. The highest BCUT2D eigenvalue weighted by Gasteiger charge is 2.41. The zero-order valence-electron chi connectivity index (χ0n) is 19.0. The van der Waals surface area contributed by atoms with Crippen molar-refractivity contribution in [2.24, 2.45) is 4.99 Å². The average Bonchev–Trinajstić information content (AvgIpc) is 3.46. The lowest BCUT2D eigenvalue weighted by atomic mass is 10.2. The van der Waals surface area contributed by atoms with Gasteiger partial charge < -0.3 is 19.5 Å². The number of nitrogens with zero attached hydrogens (tertiary/aromatic N) is 2. The van der Waals surface area contributed by atoms with E-state index in [4.69, 9.17) is 19.2 Å². The Labute approximate surface area is 206 Å². The number of rotatable bonds is 6. The standard InChI is InChI=1S/C26H23N3O5S/c1-32-20-10-6-5-9-19(20)29-24(30)14-23(25(29)31)35-26(28-18-7-3-2-4-8-18)27-15-17-11-12-21-22(13-17)34-16-33-21/h2-13,23H,14-16H2,1H3,(H,27,28)/t23-/m0/s1. The molecule has 9 heteroatoms. The van der Waals surface area contributed by atoms with Crippen LogP contribution in [-0.2, 0) is 16.1 Å². The van der Waals surface area contributed by atoms with Crippen LogP contribution < -0.4 is 24.4 Å². The zero-order chi connectivity index (χ0) is 24.2. The molecular weight excluding hydrogens is 466 g/mol. The van der Waals surface area contributed by atoms with E-state index in [-0.39, 0.29) is 25.0 Å². The van der Waals surface area contributed by atoms with Crippen molar-refractivity contribution >= 4 is 40.1 Å². The molecule has 0 radical (unpaired) electrons. The molecule has 0 unspecified atom stereocenters. The Morgan fingerprint density at radius 1 is 1.06 bits per heavy atom. The minimum Gasteiger partial charge on any atom is -0.495 e. The number of fused-ring (bicyclic) bond motifs is 1. The van der Waals surface area contributed by atoms with Gasteiger partial charge in [0.15, 0.2) is 16.7 Å². The first-order chi connectivity index (χ1) is 17.1. The number of nitrogens with one attached hydrogen (secondary N) is 1. The van der Waals surface area contributed by atoms with E-state index in [1.54, 1.807) is 24.3 Å². The van der Waals surface area contributed by atoms with Crippen LogP contribution in [0.4, 0.5) is 11.4 Å². The summed E-state index contributed by atoms with van der Waals surface area (Å²) in [5.41, 5.74) is 2.22. The number of para-hydroxylation sites is 3. The van der Waals surface area contributed by atoms with Crippen molar-refractivity contribution in [2.75, 3.05) is 24.1 Å². The molecule has 5 rings (SSSR count). The van der Waals surface area contributed by atoms with Gasteiger partial charge in [-0.2, -0.15) is 0 Å². The third-order valence-corrected chi connectivity index (χ3v) is 6.66. The van der Waals surface area contributed by atoms with E-state index in [1.807, 2.05) is 48.5 Å². The minimum atomic E-state index is -0.612. The van der Waals surface area contributed by atoms with Gasteiger partial charge in [0, 0.05) is 12.1 Å². The van der Waals surface area contributed by atoms with Gasteiger partial charge in [-0.05, 0) is 42.0 Å². The van der Waals surface area contributed by atoms with E-state index in [0.717, 1.165) is 11.3 Å². The van der Waals surface area contributed by atoms with Gasteiger partial charge in [0.2, 0.25) is 18.6 Å². The summed E-state index contributed by atoms with van der Waals surface area (Å²) in [7, 11) is 1.51. The first kappa shape index (κ1) is 22.8. The van der Waals surface area contributed by atoms with Crippen molar-refractivity contribution in [1.29, 1.82) is 0 Å². The second kappa shape index (κ2) is 10.1. The van der Waals surface area contributed by atoms with Crippen LogP contribution in [-0.4, -0.2) is 36.1 Å². The van der Waals surface area contributed by atoms with Crippen molar-refractivity contribution < 1.29 is 23.8 Å². The largest absolute Gasteiger partial charge is 0.495 e. The summed E-state index contributed by atoms with van der Waals surface area (Å²) >= 11 is 1.25. The number of methoxy groups -OCH3 is 1. The van der Waals surface area contributed by atoms with E-state index >= 15 is 0 Å². The Balaban J connectivity index is 1.37. The molecule has 8 nitrogen and oxygen atoms in total. The van der Waals surface area contributed by atoms with Crippen LogP contribution in [0.3, 0.4) is 0 Å². The molecule has 2 amide bonds. The van der Waals surface area contributed by atoms with Crippen LogP contribution in [0.5, 0.6) is 17.2 Å². The van der Waals surface area contributed by atoms with Gasteiger partial charge in [0.05, 0.1) is 19.3 Å². The highest BCUT2D eigenvalue weighted by molar-refractivity contribution is 8.15. The zero-order valence-corrected chi connectivity index (χ0v) is 19.8. The van der Waals surface area contributed by atoms with Gasteiger partial charge in [-0.3, -0.25) is 14.6 Å². The van der Waals surface area contributed by atoms with Crippen molar-refractivity contribution in [3.05, 3.63) is 78.4 Å². The van der Waals surface area contributed by atoms with Crippen LogP contribution >= 0.6 is 11.8 Å². The number of amides is 2. The number of benzene rings is 3. The molecule has 35 heavy (non-hydrogen) atoms. The van der Waals surface area contributed by atoms with E-state index in [9.17, 15) is 9.59 Å². The summed E-state index contributed by atoms with van der Waals surface area (Å²) in [5, 5.41) is 3.22. The Hall–Kier alpha value is -3.98. The number of hydrogen-bond acceptors (Lipinski definition) is 7. The maximum atomic E-state index is 13.3. The van der Waals surface area contributed by atoms with Crippen molar-refractivity contribution in [3.63, 3.8) is 0 Å². The van der Waals surface area contributed by atoms with Crippen LogP contribution in [0.15, 0.2) is 77.8 Å². The third-order valence-electron chi connectivity index (χ3n) is 5.55. The second-order valence-corrected chi connectivity index (χ2v) is 9.04. The van der Waals surface area contributed by atoms with E-state index in [1.165, 1.54) is 23.8 Å². The van der Waals surface area contributed by atoms with Gasteiger partial charge in [0.25, 0.3) is 0 Å². The quantitative estimate of drug-likeness (QED) is 0.311. The van der Waals surface area contributed by atoms with Gasteiger partial charge in [-0.25, -0.2) is 4.90 Å². The van der Waals surface area contributed by atoms with Crippen LogP contribution in [0.25, 0.3) is 0 Å². The summed E-state index contributed by atoms with van der Waals surface area (Å²) in [6.45, 7) is 0.573. The average molecular weight is 490 g/mol. The molecule has 1 atom stereocenters. The van der Waals surface area contributed by atoms with E-state index < -0.39 is 5.25 Å². The fraction of sp³-hybridized carbons (Fsp3) is 0.192. The Kier molecular flexibility index (Phi) is 6.58. The molecule has 2 aliphatic heterocycles. The van der Waals surface area contributed by atoms with Crippen LogP contribution in [0.2, 0.25) is 0 Å². The van der Waals surface area contributed by atoms with Crippen LogP contribution in [0, 0.1) is 0 Å². The molecule has 0 aromatic heterocycles. The molecule has 178 valence electrons. The van der Waals surface area contributed by atoms with Gasteiger partial charge in [-0.1, -0.05) is 48.2 Å². The van der Waals surface area contributed by atoms with Crippen molar-refractivity contribution in [1.82, 2.24) is 0 Å². The highest BCUT2D eigenvalue weighted by atomic mass is 32.2. The van der Waals surface area contributed by atoms with Crippen molar-refractivity contribution in [2.45, 2.75) is 18.2 Å². The fourth-order valence-corrected chi connectivity index (χ4v) is 4.87. The number of carbonyl (C=O) groups excluding carboxylic acids is 2. The molecule has 1 fully saturated rings. The molecular formula is C26H23N3O5S. The SMILES string of the molecule is COc1ccccc1N1C(=O)C[C@H](SC(=NCc2ccc3c(c2)OCO3)Nc2ccccc2)C1=O. The lowest BCUT2D eigenvalue weighted by Gasteiger charge is -2.18. The molecule has 1 saturated heterocycles. The van der Waals surface area contributed by atoms with E-state index in [0.29, 0.717) is 34.6 Å². The number of ether oxygens (including phenoxy) is 3. The summed E-state index contributed by atoms with van der Waals surface area (Å²) in [6.07, 6.45) is 0.0705. The minimum absolute atomic E-state index is 0.0705. The Bertz CT molecular complexity index is 1280. The highest BCUT2D eigenvalue weighted by Crippen LogP contribution is 2.36. The molecule has 1 N–H and O–H groups in total. The smallest absolute Gasteiger partial charge is 0.248 e. The number of thioether (sulfide) groups is 1. The van der Waals surface area contributed by atoms with Crippen molar-refractivity contribution in [3.8, 4) is 17.2 Å². The fourth-order valence-electron chi connectivity index (χ4n) is 3.85. The molecule has 3 aromatic carbocycles. The van der Waals surface area contributed by atoms with Crippen LogP contribution in [0.1, 0.15) is 12.0 Å². The normalized spacial score (nSPS) is 17.1. The lowest BCUT2D eigenvalue weighted by molar-refractivity contribution is -0.121. The van der Waals surface area contributed by atoms with Gasteiger partial charge in [0.1, 0.15) is 11.0 Å². The number of aliphatic imine (C=N–C) groups is 1. The number of amidine groups is 1. The Morgan fingerprint density at radius 2 is 1.83 bits per heavy atom. The molecule has 3 aromatic rings. The predicted octanol–water partition coefficient (Wildman–Crippen LogP) is 4.46. The monoisotopic (exact) mass is 489 g/mol. The first-order valence-corrected chi connectivity index (χ1v) is 11.9. The third kappa shape index (κ3) is 4.95. The van der Waals surface area contributed by atoms with E-state index in [2.05, 4.69) is 5.32 Å². The number of hydrogen-bond donors (Lipinski definition) is 1. The van der Waals surface area contributed by atoms with Gasteiger partial charge >= 0.3 is 0 Å². The summed E-state index contributed by atoms with van der Waals surface area (Å²) < 4.78 is 16.2. The second-order valence-electron chi connectivity index (χ2n) is 7.85. The number of carbonyl (C=O) groups is 2. The Morgan fingerprint density at radius 3 is 2.66 bits per heavy atom.